The molecule has 4 nitrogen and oxygen atoms in total. The molecule has 0 bridgehead atoms. The minimum atomic E-state index is -0.151. The van der Waals surface area contributed by atoms with E-state index in [9.17, 15) is 5.11 Å². The number of hydrogen-bond donors (Lipinski definition) is 2. The second-order valence-corrected chi connectivity index (χ2v) is 6.09. The molecule has 1 aromatic rings. The van der Waals surface area contributed by atoms with Crippen molar-refractivity contribution in [2.75, 3.05) is 18.5 Å². The molecule has 0 atom stereocenters. The van der Waals surface area contributed by atoms with E-state index in [0.29, 0.717) is 17.1 Å². The number of aromatic nitrogens is 1. The first-order valence-electron chi connectivity index (χ1n) is 7.40. The standard InChI is InChI=1S/C16H19ClN2O2/c17-16-7-15(19-13-3-5-14(20)6-4-13)12(8-18-16)2-1-11-9-21-10-11/h7-8,11,13-14,20H,3-6,9-10H2,(H,18,19). The Labute approximate surface area is 129 Å². The third kappa shape index (κ3) is 3.88. The van der Waals surface area contributed by atoms with E-state index >= 15 is 0 Å². The van der Waals surface area contributed by atoms with Gasteiger partial charge in [-0.3, -0.25) is 0 Å². The smallest absolute Gasteiger partial charge is 0.131 e. The second kappa shape index (κ2) is 6.65. The van der Waals surface area contributed by atoms with Crippen LogP contribution in [0.4, 0.5) is 5.69 Å². The summed E-state index contributed by atoms with van der Waals surface area (Å²) in [5, 5.41) is 13.5. The molecule has 0 amide bonds. The van der Waals surface area contributed by atoms with Crippen LogP contribution < -0.4 is 5.32 Å². The molecule has 0 spiro atoms. The Morgan fingerprint density at radius 3 is 2.71 bits per heavy atom. The molecule has 1 saturated heterocycles. The lowest BCUT2D eigenvalue weighted by molar-refractivity contribution is -0.00300. The van der Waals surface area contributed by atoms with Gasteiger partial charge in [0, 0.05) is 12.2 Å². The Hall–Kier alpha value is -1.28. The van der Waals surface area contributed by atoms with Crippen molar-refractivity contribution >= 4 is 17.3 Å². The molecule has 21 heavy (non-hydrogen) atoms. The van der Waals surface area contributed by atoms with Crippen LogP contribution in [0.15, 0.2) is 12.3 Å². The van der Waals surface area contributed by atoms with E-state index in [1.54, 1.807) is 6.20 Å². The number of aliphatic hydroxyl groups is 1. The van der Waals surface area contributed by atoms with Crippen molar-refractivity contribution in [1.29, 1.82) is 0 Å². The first-order chi connectivity index (χ1) is 10.2. The normalized spacial score (nSPS) is 25.6. The number of pyridine rings is 1. The summed E-state index contributed by atoms with van der Waals surface area (Å²) in [4.78, 5) is 4.12. The average molecular weight is 307 g/mol. The molecule has 0 aromatic carbocycles. The molecule has 2 aliphatic rings. The van der Waals surface area contributed by atoms with E-state index < -0.39 is 0 Å². The minimum absolute atomic E-state index is 0.151. The van der Waals surface area contributed by atoms with Crippen LogP contribution in [0.5, 0.6) is 0 Å². The summed E-state index contributed by atoms with van der Waals surface area (Å²) in [5.74, 6) is 6.71. The van der Waals surface area contributed by atoms with Gasteiger partial charge in [-0.25, -0.2) is 4.98 Å². The maximum atomic E-state index is 9.58. The molecule has 2 N–H and O–H groups in total. The maximum absolute atomic E-state index is 9.58. The highest BCUT2D eigenvalue weighted by molar-refractivity contribution is 6.29. The zero-order valence-corrected chi connectivity index (χ0v) is 12.6. The van der Waals surface area contributed by atoms with Crippen LogP contribution in [0, 0.1) is 17.8 Å². The highest BCUT2D eigenvalue weighted by Crippen LogP contribution is 2.25. The van der Waals surface area contributed by atoms with Crippen LogP contribution >= 0.6 is 11.6 Å². The zero-order valence-electron chi connectivity index (χ0n) is 11.8. The van der Waals surface area contributed by atoms with Crippen LogP contribution in [0.1, 0.15) is 31.2 Å². The summed E-state index contributed by atoms with van der Waals surface area (Å²) in [5.41, 5.74) is 1.81. The molecular formula is C16H19ClN2O2. The maximum Gasteiger partial charge on any atom is 0.131 e. The predicted octanol–water partition coefficient (Wildman–Crippen LogP) is 2.45. The number of halogens is 1. The van der Waals surface area contributed by atoms with Gasteiger partial charge in [-0.1, -0.05) is 23.4 Å². The fourth-order valence-corrected chi connectivity index (χ4v) is 2.75. The monoisotopic (exact) mass is 306 g/mol. The summed E-state index contributed by atoms with van der Waals surface area (Å²) < 4.78 is 5.13. The van der Waals surface area contributed by atoms with E-state index in [0.717, 1.165) is 50.1 Å². The molecule has 3 rings (SSSR count). The van der Waals surface area contributed by atoms with Crippen molar-refractivity contribution in [2.45, 2.75) is 37.8 Å². The molecule has 0 unspecified atom stereocenters. The Bertz CT molecular complexity index is 555. The fourth-order valence-electron chi connectivity index (χ4n) is 2.59. The molecule has 1 aliphatic carbocycles. The van der Waals surface area contributed by atoms with Gasteiger partial charge in [-0.05, 0) is 31.7 Å². The van der Waals surface area contributed by atoms with E-state index in [4.69, 9.17) is 16.3 Å². The van der Waals surface area contributed by atoms with Gasteiger partial charge in [-0.15, -0.1) is 0 Å². The zero-order chi connectivity index (χ0) is 14.7. The van der Waals surface area contributed by atoms with E-state index in [-0.39, 0.29) is 6.10 Å². The van der Waals surface area contributed by atoms with E-state index in [2.05, 4.69) is 22.1 Å². The number of nitrogens with zero attached hydrogens (tertiary/aromatic N) is 1. The quantitative estimate of drug-likeness (QED) is 0.651. The average Bonchev–Trinajstić information content (AvgIpc) is 2.42. The lowest BCUT2D eigenvalue weighted by atomic mass is 9.93. The van der Waals surface area contributed by atoms with Crippen molar-refractivity contribution in [3.63, 3.8) is 0 Å². The van der Waals surface area contributed by atoms with Crippen LogP contribution in [0.2, 0.25) is 5.15 Å². The van der Waals surface area contributed by atoms with E-state index in [1.165, 1.54) is 0 Å². The third-order valence-electron chi connectivity index (χ3n) is 3.98. The third-order valence-corrected chi connectivity index (χ3v) is 4.18. The van der Waals surface area contributed by atoms with Gasteiger partial charge >= 0.3 is 0 Å². The van der Waals surface area contributed by atoms with Gasteiger partial charge < -0.3 is 15.2 Å². The first-order valence-corrected chi connectivity index (χ1v) is 7.78. The Balaban J connectivity index is 1.72. The number of hydrogen-bond acceptors (Lipinski definition) is 4. The molecule has 112 valence electrons. The topological polar surface area (TPSA) is 54.4 Å². The largest absolute Gasteiger partial charge is 0.393 e. The summed E-state index contributed by atoms with van der Waals surface area (Å²) in [6.45, 7) is 1.44. The number of aliphatic hydroxyl groups excluding tert-OH is 1. The highest BCUT2D eigenvalue weighted by atomic mass is 35.5. The van der Waals surface area contributed by atoms with Gasteiger partial charge in [0.2, 0.25) is 0 Å². The molecule has 1 saturated carbocycles. The Morgan fingerprint density at radius 2 is 2.05 bits per heavy atom. The minimum Gasteiger partial charge on any atom is -0.393 e. The summed E-state index contributed by atoms with van der Waals surface area (Å²) in [6.07, 6.45) is 5.18. The molecule has 0 radical (unpaired) electrons. The van der Waals surface area contributed by atoms with Crippen molar-refractivity contribution in [3.8, 4) is 11.8 Å². The van der Waals surface area contributed by atoms with Crippen LogP contribution in [0.3, 0.4) is 0 Å². The van der Waals surface area contributed by atoms with Crippen molar-refractivity contribution in [2.24, 2.45) is 5.92 Å². The molecule has 1 aromatic heterocycles. The SMILES string of the molecule is OC1CCC(Nc2cc(Cl)ncc2C#CC2COC2)CC1. The van der Waals surface area contributed by atoms with Crippen LogP contribution in [-0.2, 0) is 4.74 Å². The molecule has 2 fully saturated rings. The van der Waals surface area contributed by atoms with Gasteiger partial charge in [0.25, 0.3) is 0 Å². The van der Waals surface area contributed by atoms with Gasteiger partial charge in [0.1, 0.15) is 5.15 Å². The second-order valence-electron chi connectivity index (χ2n) is 5.71. The Morgan fingerprint density at radius 1 is 1.29 bits per heavy atom. The van der Waals surface area contributed by atoms with Gasteiger partial charge in [0.05, 0.1) is 36.5 Å². The van der Waals surface area contributed by atoms with Crippen molar-refractivity contribution in [1.82, 2.24) is 4.98 Å². The lowest BCUT2D eigenvalue weighted by Crippen LogP contribution is -2.28. The molecule has 1 aliphatic heterocycles. The molecule has 2 heterocycles. The van der Waals surface area contributed by atoms with Crippen molar-refractivity contribution < 1.29 is 9.84 Å². The van der Waals surface area contributed by atoms with Crippen LogP contribution in [0.25, 0.3) is 0 Å². The molecular weight excluding hydrogens is 288 g/mol. The van der Waals surface area contributed by atoms with Crippen LogP contribution in [-0.4, -0.2) is 35.5 Å². The summed E-state index contributed by atoms with van der Waals surface area (Å²) >= 11 is 6.00. The molecule has 5 heteroatoms. The Kier molecular flexibility index (Phi) is 4.64. The van der Waals surface area contributed by atoms with E-state index in [1.807, 2.05) is 6.07 Å². The summed E-state index contributed by atoms with van der Waals surface area (Å²) in [7, 11) is 0. The number of ether oxygens (including phenoxy) is 1. The number of rotatable bonds is 2. The lowest BCUT2D eigenvalue weighted by Gasteiger charge is -2.27. The number of nitrogens with one attached hydrogen (secondary N) is 1. The first kappa shape index (κ1) is 14.6. The van der Waals surface area contributed by atoms with Crippen molar-refractivity contribution in [3.05, 3.63) is 23.0 Å². The fraction of sp³-hybridized carbons (Fsp3) is 0.562. The van der Waals surface area contributed by atoms with Gasteiger partial charge in [-0.2, -0.15) is 0 Å². The van der Waals surface area contributed by atoms with Gasteiger partial charge in [0.15, 0.2) is 0 Å². The highest BCUT2D eigenvalue weighted by Gasteiger charge is 2.20. The predicted molar refractivity (Wildman–Crippen MR) is 82.3 cm³/mol. The summed E-state index contributed by atoms with van der Waals surface area (Å²) in [6, 6.07) is 2.19. The number of anilines is 1.